The lowest BCUT2D eigenvalue weighted by Gasteiger charge is -2.27. The van der Waals surface area contributed by atoms with Crippen molar-refractivity contribution in [1.82, 2.24) is 4.90 Å². The van der Waals surface area contributed by atoms with Crippen molar-refractivity contribution < 1.29 is 37.8 Å². The van der Waals surface area contributed by atoms with E-state index in [1.165, 1.54) is 40.2 Å². The molecule has 0 aliphatic carbocycles. The van der Waals surface area contributed by atoms with Gasteiger partial charge in [-0.15, -0.1) is 0 Å². The fourth-order valence-corrected chi connectivity index (χ4v) is 3.77. The third-order valence-electron chi connectivity index (χ3n) is 5.23. The van der Waals surface area contributed by atoms with E-state index in [4.69, 9.17) is 25.5 Å². The molecule has 34 heavy (non-hydrogen) atoms. The maximum Gasteiger partial charge on any atom is 0.413 e. The van der Waals surface area contributed by atoms with Gasteiger partial charge in [0.1, 0.15) is 18.2 Å². The molecule has 3 amide bonds. The molecule has 2 aliphatic heterocycles. The molecular formula is C22H21ClFN3O7. The average Bonchev–Trinajstić information content (AvgIpc) is 3.38. The Balaban J connectivity index is 1.37. The van der Waals surface area contributed by atoms with Gasteiger partial charge in [0, 0.05) is 24.7 Å². The van der Waals surface area contributed by atoms with E-state index >= 15 is 0 Å². The van der Waals surface area contributed by atoms with Gasteiger partial charge in [0.2, 0.25) is 5.91 Å². The molecule has 0 spiro atoms. The fraction of sp³-hybridized carbons (Fsp3) is 0.318. The summed E-state index contributed by atoms with van der Waals surface area (Å²) in [5, 5.41) is 12.4. The van der Waals surface area contributed by atoms with Gasteiger partial charge >= 0.3 is 6.09 Å². The average molecular weight is 494 g/mol. The monoisotopic (exact) mass is 493 g/mol. The van der Waals surface area contributed by atoms with Crippen molar-refractivity contribution in [2.24, 2.45) is 0 Å². The number of aliphatic hydroxyl groups excluding tert-OH is 1. The molecule has 0 unspecified atom stereocenters. The number of rotatable bonds is 5. The minimum Gasteiger partial charge on any atom is -0.445 e. The van der Waals surface area contributed by atoms with Crippen LogP contribution in [-0.4, -0.2) is 66.5 Å². The third kappa shape index (κ3) is 5.56. The Bertz CT molecular complexity index is 1120. The minimum absolute atomic E-state index is 0.000142. The van der Waals surface area contributed by atoms with Gasteiger partial charge in [-0.05, 0) is 48.0 Å². The molecule has 0 radical (unpaired) electrons. The zero-order valence-corrected chi connectivity index (χ0v) is 18.5. The summed E-state index contributed by atoms with van der Waals surface area (Å²) >= 11 is 5.69. The molecule has 12 heteroatoms. The highest BCUT2D eigenvalue weighted by Crippen LogP contribution is 2.25. The Labute approximate surface area is 198 Å². The van der Waals surface area contributed by atoms with Gasteiger partial charge in [-0.1, -0.05) is 0 Å². The summed E-state index contributed by atoms with van der Waals surface area (Å²) in [6.45, 7) is 0.506. The normalized spacial score (nSPS) is 20.7. The molecule has 180 valence electrons. The second kappa shape index (κ2) is 10.2. The summed E-state index contributed by atoms with van der Waals surface area (Å²) in [5.41, 5.74) is 0.172. The number of amides is 3. The molecular weight excluding hydrogens is 473 g/mol. The molecule has 2 N–H and O–H groups in total. The molecule has 1 aromatic heterocycles. The Morgan fingerprint density at radius 3 is 2.82 bits per heavy atom. The predicted octanol–water partition coefficient (Wildman–Crippen LogP) is 2.62. The van der Waals surface area contributed by atoms with Crippen molar-refractivity contribution in [3.63, 3.8) is 0 Å². The Kier molecular flexibility index (Phi) is 7.15. The van der Waals surface area contributed by atoms with Crippen LogP contribution in [0, 0.1) is 5.82 Å². The molecule has 2 saturated heterocycles. The summed E-state index contributed by atoms with van der Waals surface area (Å²) in [7, 11) is 0. The van der Waals surface area contributed by atoms with E-state index in [9.17, 15) is 23.9 Å². The van der Waals surface area contributed by atoms with Gasteiger partial charge in [0.25, 0.3) is 5.91 Å². The van der Waals surface area contributed by atoms with Gasteiger partial charge in [-0.2, -0.15) is 0 Å². The van der Waals surface area contributed by atoms with Crippen LogP contribution in [0.15, 0.2) is 40.8 Å². The second-order valence-electron chi connectivity index (χ2n) is 7.60. The van der Waals surface area contributed by atoms with Crippen LogP contribution in [-0.2, 0) is 19.1 Å². The van der Waals surface area contributed by atoms with Crippen molar-refractivity contribution in [3.8, 4) is 0 Å². The van der Waals surface area contributed by atoms with Gasteiger partial charge in [-0.25, -0.2) is 9.18 Å². The molecule has 2 fully saturated rings. The van der Waals surface area contributed by atoms with Crippen molar-refractivity contribution in [3.05, 3.63) is 53.2 Å². The minimum atomic E-state index is -1.05. The number of halogens is 2. The van der Waals surface area contributed by atoms with Crippen LogP contribution in [0.3, 0.4) is 0 Å². The summed E-state index contributed by atoms with van der Waals surface area (Å²) in [6.07, 6.45) is -0.359. The van der Waals surface area contributed by atoms with Crippen LogP contribution in [0.25, 0.3) is 6.08 Å². The number of anilines is 2. The summed E-state index contributed by atoms with van der Waals surface area (Å²) in [4.78, 5) is 39.4. The number of hydrogen-bond acceptors (Lipinski definition) is 7. The standard InChI is InChI=1S/C22H21ClFN3O7/c23-18-5-2-15(33-18)3-6-19(29)27-11-14(28)10-21(27)34-22(31)25-17-4-1-13(9-16(17)24)26-7-8-32-12-20(26)30/h1-6,9,14,21,28H,7-8,10-12H2,(H,25,31)/t14-,21-/m1/s1. The fourth-order valence-electron chi connectivity index (χ4n) is 3.62. The number of furan rings is 1. The van der Waals surface area contributed by atoms with Crippen LogP contribution in [0.1, 0.15) is 12.2 Å². The number of likely N-dealkylation sites (tertiary alicyclic amines) is 1. The number of morpholine rings is 1. The predicted molar refractivity (Wildman–Crippen MR) is 119 cm³/mol. The quantitative estimate of drug-likeness (QED) is 0.614. The highest BCUT2D eigenvalue weighted by atomic mass is 35.5. The Morgan fingerprint density at radius 2 is 2.12 bits per heavy atom. The largest absolute Gasteiger partial charge is 0.445 e. The Morgan fingerprint density at radius 1 is 1.29 bits per heavy atom. The molecule has 10 nitrogen and oxygen atoms in total. The number of β-amino-alcohol motifs (C(OH)–C–C–N with tert-alkyl or cyclic N) is 1. The molecule has 2 atom stereocenters. The van der Waals surface area contributed by atoms with Crippen LogP contribution in [0.5, 0.6) is 0 Å². The molecule has 0 saturated carbocycles. The van der Waals surface area contributed by atoms with Crippen molar-refractivity contribution in [2.45, 2.75) is 18.8 Å². The number of ether oxygens (including phenoxy) is 2. The van der Waals surface area contributed by atoms with Gasteiger partial charge in [-0.3, -0.25) is 14.9 Å². The van der Waals surface area contributed by atoms with E-state index in [1.807, 2.05) is 0 Å². The highest BCUT2D eigenvalue weighted by molar-refractivity contribution is 6.28. The number of hydrogen-bond donors (Lipinski definition) is 2. The van der Waals surface area contributed by atoms with Gasteiger partial charge < -0.3 is 28.8 Å². The summed E-state index contributed by atoms with van der Waals surface area (Å²) < 4.78 is 30.0. The van der Waals surface area contributed by atoms with E-state index in [-0.39, 0.29) is 36.4 Å². The first-order valence-electron chi connectivity index (χ1n) is 10.4. The zero-order chi connectivity index (χ0) is 24.2. The topological polar surface area (TPSA) is 122 Å². The lowest BCUT2D eigenvalue weighted by atomic mass is 10.2. The number of carbonyl (C=O) groups excluding carboxylic acids is 3. The van der Waals surface area contributed by atoms with Gasteiger partial charge in [0.15, 0.2) is 11.4 Å². The first-order valence-corrected chi connectivity index (χ1v) is 10.8. The Hall–Kier alpha value is -3.41. The lowest BCUT2D eigenvalue weighted by Crippen LogP contribution is -2.41. The molecule has 2 aliphatic rings. The van der Waals surface area contributed by atoms with Crippen LogP contribution >= 0.6 is 11.6 Å². The summed E-state index contributed by atoms with van der Waals surface area (Å²) in [6, 6.07) is 7.01. The van der Waals surface area contributed by atoms with Gasteiger partial charge in [0.05, 0.1) is 24.9 Å². The number of benzene rings is 1. The van der Waals surface area contributed by atoms with Crippen molar-refractivity contribution >= 4 is 47.0 Å². The zero-order valence-electron chi connectivity index (χ0n) is 17.8. The SMILES string of the molecule is O=C(Nc1ccc(N2CCOCC2=O)cc1F)O[C@@H]1C[C@@H](O)CN1C(=O)C=Cc1ccc(Cl)o1. The number of aliphatic hydroxyl groups is 1. The van der Waals surface area contributed by atoms with E-state index < -0.39 is 30.1 Å². The van der Waals surface area contributed by atoms with E-state index in [2.05, 4.69) is 5.32 Å². The lowest BCUT2D eigenvalue weighted by molar-refractivity contribution is -0.132. The summed E-state index contributed by atoms with van der Waals surface area (Å²) in [5.74, 6) is -1.23. The first kappa shape index (κ1) is 23.7. The highest BCUT2D eigenvalue weighted by Gasteiger charge is 2.36. The van der Waals surface area contributed by atoms with Crippen LogP contribution in [0.4, 0.5) is 20.6 Å². The molecule has 3 heterocycles. The van der Waals surface area contributed by atoms with Crippen molar-refractivity contribution in [1.29, 1.82) is 0 Å². The third-order valence-corrected chi connectivity index (χ3v) is 5.43. The molecule has 1 aromatic carbocycles. The smallest absolute Gasteiger partial charge is 0.413 e. The number of nitrogens with zero attached hydrogens (tertiary/aromatic N) is 2. The van der Waals surface area contributed by atoms with E-state index in [1.54, 1.807) is 6.07 Å². The maximum absolute atomic E-state index is 14.6. The number of nitrogens with one attached hydrogen (secondary N) is 1. The molecule has 4 rings (SSSR count). The second-order valence-corrected chi connectivity index (χ2v) is 7.97. The molecule has 2 aromatic rings. The van der Waals surface area contributed by atoms with E-state index in [0.29, 0.717) is 24.6 Å². The first-order chi connectivity index (χ1) is 16.3. The van der Waals surface area contributed by atoms with Crippen molar-refractivity contribution in [2.75, 3.05) is 36.5 Å². The van der Waals surface area contributed by atoms with E-state index in [0.717, 1.165) is 6.07 Å². The van der Waals surface area contributed by atoms with Crippen LogP contribution in [0.2, 0.25) is 5.22 Å². The molecule has 0 bridgehead atoms. The van der Waals surface area contributed by atoms with Crippen LogP contribution < -0.4 is 10.2 Å². The number of carbonyl (C=O) groups is 3. The maximum atomic E-state index is 14.6.